The predicted molar refractivity (Wildman–Crippen MR) is 118 cm³/mol. The van der Waals surface area contributed by atoms with E-state index in [-0.39, 0.29) is 42.5 Å². The molecule has 0 atom stereocenters. The highest BCUT2D eigenvalue weighted by molar-refractivity contribution is 5.93. The number of rotatable bonds is 6. The average Bonchev–Trinajstić information content (AvgIpc) is 2.71. The highest BCUT2D eigenvalue weighted by Gasteiger charge is 2.16. The molecule has 0 bridgehead atoms. The minimum atomic E-state index is -0.356. The molecule has 0 unspecified atom stereocenters. The van der Waals surface area contributed by atoms with Gasteiger partial charge in [0.25, 0.3) is 5.56 Å². The lowest BCUT2D eigenvalue weighted by Crippen LogP contribution is -2.32. The fourth-order valence-corrected chi connectivity index (χ4v) is 3.62. The van der Waals surface area contributed by atoms with Crippen LogP contribution < -0.4 is 16.2 Å². The maximum absolute atomic E-state index is 13.0. The monoisotopic (exact) mass is 406 g/mol. The molecule has 0 radical (unpaired) electrons. The number of nitrogens with zero attached hydrogens (tertiary/aromatic N) is 2. The number of hydrogen-bond donors (Lipinski definition) is 2. The lowest BCUT2D eigenvalue weighted by Gasteiger charge is -2.15. The van der Waals surface area contributed by atoms with E-state index < -0.39 is 0 Å². The van der Waals surface area contributed by atoms with Crippen LogP contribution in [-0.4, -0.2) is 28.4 Å². The van der Waals surface area contributed by atoms with E-state index in [1.807, 2.05) is 39.0 Å². The second-order valence-electron chi connectivity index (χ2n) is 7.43. The molecule has 1 heterocycles. The molecule has 30 heavy (non-hydrogen) atoms. The van der Waals surface area contributed by atoms with Crippen LogP contribution in [0.5, 0.6) is 0 Å². The maximum atomic E-state index is 13.0. The first kappa shape index (κ1) is 21.2. The summed E-state index contributed by atoms with van der Waals surface area (Å²) >= 11 is 0. The smallest absolute Gasteiger partial charge is 0.273 e. The summed E-state index contributed by atoms with van der Waals surface area (Å²) in [5, 5.41) is 5.48. The Hall–Kier alpha value is -3.48. The van der Waals surface area contributed by atoms with Gasteiger partial charge >= 0.3 is 0 Å². The Kier molecular flexibility index (Phi) is 6.30. The second kappa shape index (κ2) is 8.90. The van der Waals surface area contributed by atoms with Crippen molar-refractivity contribution >= 4 is 28.5 Å². The number of hydrogen-bond acceptors (Lipinski definition) is 4. The number of nitrogens with one attached hydrogen (secondary N) is 2. The predicted octanol–water partition coefficient (Wildman–Crippen LogP) is 2.64. The molecule has 2 amide bonds. The molecule has 0 saturated heterocycles. The summed E-state index contributed by atoms with van der Waals surface area (Å²) in [6.07, 6.45) is 0.367. The maximum Gasteiger partial charge on any atom is 0.273 e. The molecule has 7 nitrogen and oxygen atoms in total. The number of carbonyl (C=O) groups excluding carboxylic acids is 2. The van der Waals surface area contributed by atoms with E-state index in [0.717, 1.165) is 22.4 Å². The molecule has 2 N–H and O–H groups in total. The van der Waals surface area contributed by atoms with Crippen LogP contribution in [0.1, 0.15) is 28.8 Å². The van der Waals surface area contributed by atoms with Gasteiger partial charge in [-0.3, -0.25) is 19.0 Å². The van der Waals surface area contributed by atoms with Gasteiger partial charge in [0.1, 0.15) is 12.2 Å². The molecule has 3 rings (SSSR count). The summed E-state index contributed by atoms with van der Waals surface area (Å²) in [5.41, 5.74) is 4.94. The molecular formula is C23H26N4O3. The summed E-state index contributed by atoms with van der Waals surface area (Å²) in [6, 6.07) is 11.2. The van der Waals surface area contributed by atoms with Gasteiger partial charge in [0.15, 0.2) is 0 Å². The van der Waals surface area contributed by atoms with E-state index in [1.165, 1.54) is 4.57 Å². The Bertz CT molecular complexity index is 1160. The second-order valence-corrected chi connectivity index (χ2v) is 7.43. The van der Waals surface area contributed by atoms with Gasteiger partial charge in [0, 0.05) is 25.6 Å². The van der Waals surface area contributed by atoms with Gasteiger partial charge in [-0.2, -0.15) is 0 Å². The first-order valence-electron chi connectivity index (χ1n) is 9.87. The molecule has 0 aliphatic carbocycles. The van der Waals surface area contributed by atoms with Gasteiger partial charge in [-0.05, 0) is 44.0 Å². The van der Waals surface area contributed by atoms with E-state index in [9.17, 15) is 14.4 Å². The third-order valence-electron chi connectivity index (χ3n) is 5.03. The number of fused-ring (bicyclic) bond motifs is 1. The minimum absolute atomic E-state index is 0.137. The van der Waals surface area contributed by atoms with E-state index in [2.05, 4.69) is 15.6 Å². The van der Waals surface area contributed by atoms with Crippen molar-refractivity contribution in [3.63, 3.8) is 0 Å². The number of carbonyl (C=O) groups is 2. The summed E-state index contributed by atoms with van der Waals surface area (Å²) in [7, 11) is 1.55. The van der Waals surface area contributed by atoms with Gasteiger partial charge in [0.2, 0.25) is 11.8 Å². The van der Waals surface area contributed by atoms with Crippen molar-refractivity contribution in [2.24, 2.45) is 0 Å². The summed E-state index contributed by atoms with van der Waals surface area (Å²) in [4.78, 5) is 41.9. The quantitative estimate of drug-likeness (QED) is 0.658. The third kappa shape index (κ3) is 4.56. The molecule has 156 valence electrons. The van der Waals surface area contributed by atoms with Crippen LogP contribution in [0, 0.1) is 20.8 Å². The fourth-order valence-electron chi connectivity index (χ4n) is 3.62. The highest BCUT2D eigenvalue weighted by Crippen LogP contribution is 2.22. The molecule has 0 aliphatic rings. The lowest BCUT2D eigenvalue weighted by atomic mass is 10.1. The van der Waals surface area contributed by atoms with Crippen LogP contribution in [0.15, 0.2) is 41.2 Å². The number of para-hydroxylation sites is 2. The normalized spacial score (nSPS) is 10.8. The first-order chi connectivity index (χ1) is 14.3. The van der Waals surface area contributed by atoms with Gasteiger partial charge in [-0.15, -0.1) is 0 Å². The molecular weight excluding hydrogens is 380 g/mol. The van der Waals surface area contributed by atoms with E-state index in [1.54, 1.807) is 25.2 Å². The van der Waals surface area contributed by atoms with Gasteiger partial charge in [-0.1, -0.05) is 29.8 Å². The van der Waals surface area contributed by atoms with E-state index >= 15 is 0 Å². The molecule has 0 fully saturated rings. The molecule has 0 aliphatic heterocycles. The lowest BCUT2D eigenvalue weighted by molar-refractivity contribution is -0.120. The van der Waals surface area contributed by atoms with E-state index in [4.69, 9.17) is 0 Å². The summed E-state index contributed by atoms with van der Waals surface area (Å²) in [6.45, 7) is 5.76. The molecule has 3 aromatic rings. The van der Waals surface area contributed by atoms with Crippen LogP contribution in [0.25, 0.3) is 11.0 Å². The molecule has 1 aromatic heterocycles. The number of benzene rings is 2. The Morgan fingerprint density at radius 2 is 1.70 bits per heavy atom. The standard InChI is InChI=1S/C23H26N4O3/c1-14-11-15(2)22(16(3)12-14)26-21(29)13-27-19-8-6-5-7-17(19)25-18(23(27)30)9-10-20(28)24-4/h5-8,11-12H,9-10,13H2,1-4H3,(H,24,28)(H,26,29). The van der Waals surface area contributed by atoms with Crippen LogP contribution in [0.4, 0.5) is 5.69 Å². The number of aryl methyl sites for hydroxylation is 4. The van der Waals surface area contributed by atoms with Crippen molar-refractivity contribution in [1.29, 1.82) is 0 Å². The molecule has 2 aromatic carbocycles. The third-order valence-corrected chi connectivity index (χ3v) is 5.03. The SMILES string of the molecule is CNC(=O)CCc1nc2ccccc2n(CC(=O)Nc2c(C)cc(C)cc2C)c1=O. The molecule has 0 spiro atoms. The van der Waals surface area contributed by atoms with Gasteiger partial charge < -0.3 is 10.6 Å². The topological polar surface area (TPSA) is 93.1 Å². The van der Waals surface area contributed by atoms with Gasteiger partial charge in [0.05, 0.1) is 11.0 Å². The summed E-state index contributed by atoms with van der Waals surface area (Å²) in [5.74, 6) is -0.459. The molecule has 0 saturated carbocycles. The Morgan fingerprint density at radius 1 is 1.03 bits per heavy atom. The Morgan fingerprint density at radius 3 is 2.37 bits per heavy atom. The number of amides is 2. The largest absolute Gasteiger partial charge is 0.359 e. The number of anilines is 1. The van der Waals surface area contributed by atoms with Crippen molar-refractivity contribution in [3.8, 4) is 0 Å². The zero-order valence-electron chi connectivity index (χ0n) is 17.7. The first-order valence-corrected chi connectivity index (χ1v) is 9.87. The zero-order valence-corrected chi connectivity index (χ0v) is 17.7. The van der Waals surface area contributed by atoms with Crippen LogP contribution >= 0.6 is 0 Å². The Balaban J connectivity index is 1.94. The highest BCUT2D eigenvalue weighted by atomic mass is 16.2. The fraction of sp³-hybridized carbons (Fsp3) is 0.304. The van der Waals surface area contributed by atoms with Gasteiger partial charge in [-0.25, -0.2) is 4.98 Å². The minimum Gasteiger partial charge on any atom is -0.359 e. The zero-order chi connectivity index (χ0) is 21.8. The van der Waals surface area contributed by atoms with Crippen LogP contribution in [0.3, 0.4) is 0 Å². The van der Waals surface area contributed by atoms with Crippen molar-refractivity contribution in [2.45, 2.75) is 40.2 Å². The van der Waals surface area contributed by atoms with Crippen LogP contribution in [0.2, 0.25) is 0 Å². The van der Waals surface area contributed by atoms with Crippen LogP contribution in [-0.2, 0) is 22.6 Å². The van der Waals surface area contributed by atoms with E-state index in [0.29, 0.717) is 11.0 Å². The number of aromatic nitrogens is 2. The average molecular weight is 406 g/mol. The van der Waals surface area contributed by atoms with Crippen molar-refractivity contribution in [1.82, 2.24) is 14.9 Å². The van der Waals surface area contributed by atoms with Crippen molar-refractivity contribution in [2.75, 3.05) is 12.4 Å². The van der Waals surface area contributed by atoms with Crippen molar-refractivity contribution in [3.05, 3.63) is 69.1 Å². The molecule has 7 heteroatoms. The van der Waals surface area contributed by atoms with Crippen molar-refractivity contribution < 1.29 is 9.59 Å². The summed E-state index contributed by atoms with van der Waals surface area (Å²) < 4.78 is 1.43. The Labute approximate surface area is 175 Å².